The van der Waals surface area contributed by atoms with Gasteiger partial charge in [0.1, 0.15) is 12.6 Å². The summed E-state index contributed by atoms with van der Waals surface area (Å²) < 4.78 is 2.53. The molecular weight excluding hydrogens is 705 g/mol. The van der Waals surface area contributed by atoms with Crippen molar-refractivity contribution in [3.05, 3.63) is 108 Å². The van der Waals surface area contributed by atoms with Gasteiger partial charge in [-0.1, -0.05) is 146 Å². The summed E-state index contributed by atoms with van der Waals surface area (Å²) in [5, 5.41) is 24.7. The molecule has 57 heavy (non-hydrogen) atoms. The summed E-state index contributed by atoms with van der Waals surface area (Å²) in [5.41, 5.74) is 6.45. The summed E-state index contributed by atoms with van der Waals surface area (Å²) in [5.74, 6) is -1.47. The average Bonchev–Trinajstić information content (AvgIpc) is 3.55. The molecule has 6 rings (SSSR count). The van der Waals surface area contributed by atoms with Crippen molar-refractivity contribution in [2.75, 3.05) is 11.4 Å². The molecule has 2 heterocycles. The predicted octanol–water partition coefficient (Wildman–Crippen LogP) is 13.0. The van der Waals surface area contributed by atoms with Crippen molar-refractivity contribution < 1.29 is 24.4 Å². The number of unbranched alkanes of at least 4 members (excludes halogenated alkanes) is 11. The van der Waals surface area contributed by atoms with Gasteiger partial charge in [-0.25, -0.2) is 4.79 Å². The van der Waals surface area contributed by atoms with E-state index in [2.05, 4.69) is 135 Å². The zero-order valence-electron chi connectivity index (χ0n) is 35.2. The van der Waals surface area contributed by atoms with Crippen LogP contribution in [0.5, 0.6) is 0 Å². The second-order valence-electron chi connectivity index (χ2n) is 17.5. The number of carbonyl (C=O) groups is 2. The van der Waals surface area contributed by atoms with E-state index in [4.69, 9.17) is 5.11 Å². The molecule has 2 aliphatic heterocycles. The molecule has 0 bridgehead atoms. The van der Waals surface area contributed by atoms with Crippen molar-refractivity contribution in [3.63, 3.8) is 0 Å². The number of aliphatic carboxylic acids is 2. The van der Waals surface area contributed by atoms with Gasteiger partial charge in [-0.05, 0) is 78.4 Å². The zero-order valence-corrected chi connectivity index (χ0v) is 35.2. The number of hydrogen-bond donors (Lipinski definition) is 2. The topological polar surface area (TPSA) is 80.8 Å². The fraction of sp³-hybridized carbons (Fsp3) is 0.471. The van der Waals surface area contributed by atoms with Crippen LogP contribution in [0.1, 0.15) is 142 Å². The zero-order chi connectivity index (χ0) is 40.6. The third-order valence-electron chi connectivity index (χ3n) is 12.7. The summed E-state index contributed by atoms with van der Waals surface area (Å²) >= 11 is 0. The van der Waals surface area contributed by atoms with E-state index in [9.17, 15) is 14.7 Å². The van der Waals surface area contributed by atoms with Crippen molar-refractivity contribution in [1.29, 1.82) is 0 Å². The Morgan fingerprint density at radius 3 is 1.91 bits per heavy atom. The number of allylic oxidation sites excluding steroid dienone is 4. The Hall–Kier alpha value is -4.71. The molecule has 0 fully saturated rings. The number of fused-ring (bicyclic) bond motifs is 6. The number of carboxylic acids is 2. The van der Waals surface area contributed by atoms with Crippen LogP contribution in [0.4, 0.5) is 11.4 Å². The third kappa shape index (κ3) is 9.06. The van der Waals surface area contributed by atoms with Gasteiger partial charge in [0, 0.05) is 47.3 Å². The number of anilines is 1. The molecule has 0 radical (unpaired) electrons. The maximum atomic E-state index is 13.2. The van der Waals surface area contributed by atoms with Crippen molar-refractivity contribution in [2.45, 2.75) is 148 Å². The Morgan fingerprint density at radius 1 is 0.684 bits per heavy atom. The van der Waals surface area contributed by atoms with Crippen LogP contribution in [-0.2, 0) is 20.4 Å². The van der Waals surface area contributed by atoms with Gasteiger partial charge in [0.05, 0.1) is 5.41 Å². The van der Waals surface area contributed by atoms with Crippen LogP contribution >= 0.6 is 0 Å². The predicted molar refractivity (Wildman–Crippen MR) is 237 cm³/mol. The minimum absolute atomic E-state index is 0.249. The van der Waals surface area contributed by atoms with Gasteiger partial charge < -0.3 is 15.1 Å². The van der Waals surface area contributed by atoms with Crippen molar-refractivity contribution >= 4 is 50.6 Å². The fourth-order valence-corrected chi connectivity index (χ4v) is 9.72. The molecule has 4 aromatic rings. The highest BCUT2D eigenvalue weighted by molar-refractivity contribution is 6.08. The molecule has 0 saturated carbocycles. The van der Waals surface area contributed by atoms with E-state index in [1.807, 2.05) is 0 Å². The molecule has 1 unspecified atom stereocenters. The van der Waals surface area contributed by atoms with Gasteiger partial charge in [-0.3, -0.25) is 4.79 Å². The Balaban J connectivity index is 1.34. The summed E-state index contributed by atoms with van der Waals surface area (Å²) in [6, 6.07) is 25.4. The molecule has 0 spiro atoms. The van der Waals surface area contributed by atoms with Gasteiger partial charge in [0.15, 0.2) is 5.71 Å². The molecule has 2 aliphatic rings. The Bertz CT molecular complexity index is 2160. The molecule has 0 saturated heterocycles. The summed E-state index contributed by atoms with van der Waals surface area (Å²) in [6.07, 6.45) is 21.6. The van der Waals surface area contributed by atoms with Crippen LogP contribution in [0.25, 0.3) is 21.5 Å². The summed E-state index contributed by atoms with van der Waals surface area (Å²) in [6.45, 7) is 12.3. The lowest BCUT2D eigenvalue weighted by Gasteiger charge is -2.32. The largest absolute Gasteiger partial charge is 0.481 e. The minimum atomic E-state index is -0.768. The molecule has 0 aromatic heterocycles. The number of rotatable bonds is 21. The summed E-state index contributed by atoms with van der Waals surface area (Å²) in [7, 11) is 0. The first kappa shape index (κ1) is 41.9. The van der Waals surface area contributed by atoms with E-state index in [0.717, 1.165) is 82.1 Å². The highest BCUT2D eigenvalue weighted by Gasteiger charge is 2.47. The monoisotopic (exact) mass is 769 g/mol. The van der Waals surface area contributed by atoms with Gasteiger partial charge in [-0.15, -0.1) is 0 Å². The van der Waals surface area contributed by atoms with E-state index in [1.54, 1.807) is 0 Å². The number of nitrogens with zero attached hydrogens (tertiary/aromatic N) is 2. The van der Waals surface area contributed by atoms with E-state index in [1.165, 1.54) is 63.3 Å². The van der Waals surface area contributed by atoms with Gasteiger partial charge in [0.25, 0.3) is 0 Å². The first-order valence-corrected chi connectivity index (χ1v) is 21.8. The van der Waals surface area contributed by atoms with E-state index in [0.29, 0.717) is 6.42 Å². The van der Waals surface area contributed by atoms with Crippen LogP contribution in [0.15, 0.2) is 96.7 Å². The van der Waals surface area contributed by atoms with Crippen LogP contribution in [0.2, 0.25) is 0 Å². The van der Waals surface area contributed by atoms with E-state index < -0.39 is 23.4 Å². The maximum Gasteiger partial charge on any atom is 0.326 e. The van der Waals surface area contributed by atoms with Gasteiger partial charge in [0.2, 0.25) is 5.69 Å². The summed E-state index contributed by atoms with van der Waals surface area (Å²) in [4.78, 5) is 26.3. The SMILES string of the molecule is CCCCCCCCC(C(=O)O)N1C(=CC=CC2=[N+](CCCCCCCCCC(=O)O)c3ccc4ccccc4c3C2(C)C)C(C)(C)c2c1ccc1ccccc21. The molecule has 0 amide bonds. The second kappa shape index (κ2) is 18.7. The molecule has 4 aromatic carbocycles. The Kier molecular flexibility index (Phi) is 13.7. The normalized spacial score (nSPS) is 16.9. The second-order valence-corrected chi connectivity index (χ2v) is 17.5. The van der Waals surface area contributed by atoms with Crippen LogP contribution in [0, 0.1) is 0 Å². The van der Waals surface area contributed by atoms with Crippen molar-refractivity contribution in [1.82, 2.24) is 0 Å². The van der Waals surface area contributed by atoms with Gasteiger partial charge in [-0.2, -0.15) is 4.58 Å². The van der Waals surface area contributed by atoms with Gasteiger partial charge >= 0.3 is 11.9 Å². The standard InChI is InChI=1S/C51H64N2O4/c1-6-7-8-9-13-16-28-43(49(56)57)53-42-35-33-38-25-19-21-27-40(38)48(42)51(4,5)45(53)30-23-29-44-50(2,3)47-39-26-20-18-24-37(39)32-34-41(47)52(44)36-22-15-12-10-11-14-17-31-46(54)55/h18-21,23-27,29-30,32-35,43H,6-17,22,28,31,36H2,1-5H3,(H-,54,55,56,57)/p+1. The number of hydrogen-bond acceptors (Lipinski definition) is 3. The van der Waals surface area contributed by atoms with Crippen LogP contribution in [0.3, 0.4) is 0 Å². The maximum absolute atomic E-state index is 13.2. The van der Waals surface area contributed by atoms with Crippen molar-refractivity contribution in [3.8, 4) is 0 Å². The van der Waals surface area contributed by atoms with Crippen LogP contribution in [-0.4, -0.2) is 45.0 Å². The fourth-order valence-electron chi connectivity index (χ4n) is 9.72. The van der Waals surface area contributed by atoms with E-state index >= 15 is 0 Å². The average molecular weight is 770 g/mol. The highest BCUT2D eigenvalue weighted by Crippen LogP contribution is 2.52. The van der Waals surface area contributed by atoms with Crippen LogP contribution < -0.4 is 4.90 Å². The lowest BCUT2D eigenvalue weighted by atomic mass is 9.79. The molecule has 0 aliphatic carbocycles. The third-order valence-corrected chi connectivity index (χ3v) is 12.7. The molecular formula is C51H65N2O4+. The van der Waals surface area contributed by atoms with Crippen molar-refractivity contribution in [2.24, 2.45) is 0 Å². The Labute approximate surface area is 341 Å². The molecule has 302 valence electrons. The number of carboxylic acid groups (broad SMARTS) is 2. The minimum Gasteiger partial charge on any atom is -0.481 e. The molecule has 2 N–H and O–H groups in total. The number of benzene rings is 4. The molecule has 1 atom stereocenters. The first-order chi connectivity index (χ1) is 27.5. The molecule has 6 nitrogen and oxygen atoms in total. The lowest BCUT2D eigenvalue weighted by Crippen LogP contribution is -2.41. The highest BCUT2D eigenvalue weighted by atomic mass is 16.4. The quantitative estimate of drug-likeness (QED) is 0.0651. The first-order valence-electron chi connectivity index (χ1n) is 21.8. The lowest BCUT2D eigenvalue weighted by molar-refractivity contribution is -0.438. The van der Waals surface area contributed by atoms with E-state index in [-0.39, 0.29) is 11.8 Å². The Morgan fingerprint density at radius 2 is 1.26 bits per heavy atom. The smallest absolute Gasteiger partial charge is 0.326 e. The molecule has 6 heteroatoms.